The quantitative estimate of drug-likeness (QED) is 0.563. The van der Waals surface area contributed by atoms with Gasteiger partial charge in [-0.05, 0) is 5.56 Å². The van der Waals surface area contributed by atoms with Crippen LogP contribution in [0.4, 0.5) is 0 Å². The fourth-order valence-electron chi connectivity index (χ4n) is 1.05. The number of rotatable bonds is 4. The van der Waals surface area contributed by atoms with Gasteiger partial charge < -0.3 is 22.1 Å². The fourth-order valence-corrected chi connectivity index (χ4v) is 1.05. The van der Waals surface area contributed by atoms with Gasteiger partial charge in [0.05, 0.1) is 0 Å². The summed E-state index contributed by atoms with van der Waals surface area (Å²) in [5.41, 5.74) is 0.929. The summed E-state index contributed by atoms with van der Waals surface area (Å²) in [5, 5.41) is 8.67. The van der Waals surface area contributed by atoms with E-state index in [0.717, 1.165) is 5.56 Å². The highest BCUT2D eigenvalue weighted by atomic mass is 79.9. The Bertz CT molecular complexity index is 279. The monoisotopic (exact) mass is 261 g/mol. The first-order chi connectivity index (χ1) is 6.24. The van der Waals surface area contributed by atoms with Crippen molar-refractivity contribution in [3.05, 3.63) is 35.9 Å². The van der Waals surface area contributed by atoms with Crippen molar-refractivity contribution in [1.29, 1.82) is 0 Å². The van der Waals surface area contributed by atoms with Crippen LogP contribution in [0.2, 0.25) is 0 Å². The second-order valence-electron chi connectivity index (χ2n) is 2.68. The van der Waals surface area contributed by atoms with E-state index in [0.29, 0.717) is 6.42 Å². The molecule has 1 atom stereocenters. The minimum absolute atomic E-state index is 0. The third-order valence-corrected chi connectivity index (χ3v) is 1.74. The van der Waals surface area contributed by atoms with Crippen LogP contribution in [-0.4, -0.2) is 17.2 Å². The van der Waals surface area contributed by atoms with Crippen LogP contribution >= 0.6 is 0 Å². The predicted molar refractivity (Wildman–Crippen MR) is 45.5 cm³/mol. The van der Waals surface area contributed by atoms with Crippen molar-refractivity contribution in [3.63, 3.8) is 0 Å². The Balaban J connectivity index is 0.00000169. The molecule has 1 aromatic rings. The smallest absolute Gasteiger partial charge is 0.339 e. The molecule has 5 heteroatoms. The zero-order valence-electron chi connectivity index (χ0n) is 7.52. The predicted octanol–water partition coefficient (Wildman–Crippen LogP) is -3.14. The lowest BCUT2D eigenvalue weighted by molar-refractivity contribution is -0.698. The van der Waals surface area contributed by atoms with Gasteiger partial charge >= 0.3 is 5.97 Å². The molecule has 0 aliphatic carbocycles. The summed E-state index contributed by atoms with van der Waals surface area (Å²) in [5.74, 6) is 2.14. The Morgan fingerprint density at radius 1 is 1.43 bits per heavy atom. The van der Waals surface area contributed by atoms with E-state index >= 15 is 0 Å². The molecule has 0 spiro atoms. The fraction of sp³-hybridized carbons (Fsp3) is 0.222. The average molecular weight is 262 g/mol. The molecule has 0 aliphatic rings. The third-order valence-electron chi connectivity index (χ3n) is 1.74. The van der Waals surface area contributed by atoms with Crippen molar-refractivity contribution in [2.24, 2.45) is 0 Å². The number of halogens is 1. The van der Waals surface area contributed by atoms with Crippen LogP contribution in [0, 0.1) is 0 Å². The highest BCUT2D eigenvalue weighted by Gasteiger charge is 2.19. The largest absolute Gasteiger partial charge is 1.00 e. The lowest BCUT2D eigenvalue weighted by atomic mass is 10.1. The van der Waals surface area contributed by atoms with Crippen LogP contribution < -0.4 is 22.9 Å². The molecule has 0 heterocycles. The van der Waals surface area contributed by atoms with Crippen molar-refractivity contribution in [3.8, 4) is 0 Å². The molecule has 78 valence electrons. The van der Waals surface area contributed by atoms with E-state index in [-0.39, 0.29) is 17.0 Å². The molecule has 1 unspecified atom stereocenters. The molecular weight excluding hydrogens is 250 g/mol. The van der Waals surface area contributed by atoms with Crippen molar-refractivity contribution in [2.75, 3.05) is 0 Å². The second-order valence-corrected chi connectivity index (χ2v) is 2.68. The van der Waals surface area contributed by atoms with Gasteiger partial charge in [-0.1, -0.05) is 30.3 Å². The van der Waals surface area contributed by atoms with Gasteiger partial charge in [0.15, 0.2) is 0 Å². The topological polar surface area (TPSA) is 74.2 Å². The van der Waals surface area contributed by atoms with E-state index in [1.807, 2.05) is 30.3 Å². The molecule has 14 heavy (non-hydrogen) atoms. The number of hydrogen-bond donors (Lipinski definition) is 2. The molecule has 1 aromatic carbocycles. The summed E-state index contributed by atoms with van der Waals surface area (Å²) in [4.78, 5) is 15.1. The number of quaternary nitrogens is 1. The molecule has 4 nitrogen and oxygen atoms in total. The lowest BCUT2D eigenvalue weighted by Crippen LogP contribution is -3.00. The summed E-state index contributed by atoms with van der Waals surface area (Å²) < 4.78 is 0. The van der Waals surface area contributed by atoms with Gasteiger partial charge in [0.1, 0.15) is 0 Å². The molecule has 4 N–H and O–H groups in total. The van der Waals surface area contributed by atoms with E-state index in [4.69, 9.17) is 5.11 Å². The number of benzene rings is 1. The number of carbonyl (C=O) groups is 1. The molecule has 0 saturated carbocycles. The lowest BCUT2D eigenvalue weighted by Gasteiger charge is -2.06. The van der Waals surface area contributed by atoms with E-state index in [2.05, 4.69) is 10.7 Å². The summed E-state index contributed by atoms with van der Waals surface area (Å²) in [7, 11) is 0. The van der Waals surface area contributed by atoms with Crippen LogP contribution in [0.3, 0.4) is 0 Å². The first-order valence-corrected chi connectivity index (χ1v) is 3.91. The van der Waals surface area contributed by atoms with Crippen molar-refractivity contribution in [2.45, 2.75) is 12.5 Å². The SMILES string of the molecule is [Br-].[NH3+]OC(Cc1ccccc1)C(=O)O. The van der Waals surface area contributed by atoms with Gasteiger partial charge in [0, 0.05) is 6.42 Å². The Kier molecular flexibility index (Phi) is 6.11. The molecule has 0 saturated heterocycles. The van der Waals surface area contributed by atoms with E-state index < -0.39 is 12.1 Å². The molecule has 0 bridgehead atoms. The number of carboxylic acids is 1. The second kappa shape index (κ2) is 6.53. The summed E-state index contributed by atoms with van der Waals surface area (Å²) in [6.45, 7) is 0. The maximum atomic E-state index is 10.6. The minimum Gasteiger partial charge on any atom is -1.00 e. The Labute approximate surface area is 92.4 Å². The molecule has 0 aliphatic heterocycles. The molecule has 1 rings (SSSR count). The number of hydrogen-bond acceptors (Lipinski definition) is 2. The Morgan fingerprint density at radius 3 is 2.43 bits per heavy atom. The molecule has 0 aromatic heterocycles. The first-order valence-electron chi connectivity index (χ1n) is 3.91. The molecule has 0 amide bonds. The van der Waals surface area contributed by atoms with E-state index in [1.165, 1.54) is 0 Å². The zero-order valence-corrected chi connectivity index (χ0v) is 9.11. The van der Waals surface area contributed by atoms with Crippen LogP contribution in [0.15, 0.2) is 30.3 Å². The third kappa shape index (κ3) is 3.87. The van der Waals surface area contributed by atoms with Gasteiger partial charge in [-0.25, -0.2) is 10.7 Å². The van der Waals surface area contributed by atoms with Crippen molar-refractivity contribution in [1.82, 2.24) is 0 Å². The van der Waals surface area contributed by atoms with Gasteiger partial charge in [-0.15, -0.1) is 0 Å². The van der Waals surface area contributed by atoms with Crippen LogP contribution in [0.1, 0.15) is 5.56 Å². The average Bonchev–Trinajstić information content (AvgIpc) is 2.15. The molecule has 0 fully saturated rings. The Hall–Kier alpha value is -0.910. The first kappa shape index (κ1) is 13.1. The van der Waals surface area contributed by atoms with Gasteiger partial charge in [-0.2, -0.15) is 4.84 Å². The zero-order chi connectivity index (χ0) is 9.68. The van der Waals surface area contributed by atoms with Gasteiger partial charge in [0.25, 0.3) is 0 Å². The van der Waals surface area contributed by atoms with E-state index in [1.54, 1.807) is 0 Å². The van der Waals surface area contributed by atoms with Crippen LogP contribution in [0.25, 0.3) is 0 Å². The van der Waals surface area contributed by atoms with E-state index in [9.17, 15) is 4.79 Å². The minimum atomic E-state index is -0.987. The van der Waals surface area contributed by atoms with Crippen molar-refractivity contribution >= 4 is 5.97 Å². The summed E-state index contributed by atoms with van der Waals surface area (Å²) in [6.07, 6.45) is -0.512. The van der Waals surface area contributed by atoms with Gasteiger partial charge in [-0.3, -0.25) is 0 Å². The highest BCUT2D eigenvalue weighted by Crippen LogP contribution is 2.04. The summed E-state index contributed by atoms with van der Waals surface area (Å²) >= 11 is 0. The molecule has 0 radical (unpaired) electrons. The maximum absolute atomic E-state index is 10.6. The highest BCUT2D eigenvalue weighted by molar-refractivity contribution is 5.72. The molecular formula is C9H12BrNO3. The van der Waals surface area contributed by atoms with Gasteiger partial charge in [0.2, 0.25) is 6.10 Å². The number of carboxylic acid groups (broad SMARTS) is 1. The number of aliphatic carboxylic acids is 1. The summed E-state index contributed by atoms with van der Waals surface area (Å²) in [6, 6.07) is 9.31. The van der Waals surface area contributed by atoms with Crippen LogP contribution in [-0.2, 0) is 16.1 Å². The maximum Gasteiger partial charge on any atom is 0.339 e. The van der Waals surface area contributed by atoms with Crippen LogP contribution in [0.5, 0.6) is 0 Å². The van der Waals surface area contributed by atoms with Crippen molar-refractivity contribution < 1.29 is 37.6 Å². The Morgan fingerprint density at radius 2 is 2.00 bits per heavy atom. The normalized spacial score (nSPS) is 11.5. The standard InChI is InChI=1S/C9H11NO3.BrH/c10-13-8(9(11)12)6-7-4-2-1-3-5-7;/h1-5,8H,6H2,10H3;1H.